The van der Waals surface area contributed by atoms with Crippen LogP contribution in [0.15, 0.2) is 30.3 Å². The van der Waals surface area contributed by atoms with Gasteiger partial charge in [-0.3, -0.25) is 0 Å². The molecule has 0 radical (unpaired) electrons. The third-order valence-electron chi connectivity index (χ3n) is 9.54. The van der Waals surface area contributed by atoms with Crippen LogP contribution in [0.3, 0.4) is 0 Å². The zero-order valence-electron chi connectivity index (χ0n) is 21.3. The second-order valence-corrected chi connectivity index (χ2v) is 19.2. The maximum absolute atomic E-state index is 14.3. The normalized spacial score (nSPS) is 36.8. The third kappa shape index (κ3) is 3.99. The average Bonchev–Trinajstić information content (AvgIpc) is 3.19. The number of ether oxygens (including phenoxy) is 1. The number of carbonyl (C=O) groups excluding carboxylic acids is 2. The van der Waals surface area contributed by atoms with Gasteiger partial charge in [-0.05, 0) is 0 Å². The number of cyclic esters (lactones) is 1. The fraction of sp³-hybridized carbons (Fsp3) is 0.704. The molecule has 1 saturated heterocycles. The number of esters is 1. The number of Topliss-reactive ketones (excluding diaryl/α,β-unsaturated/α-hetero) is 1. The first-order chi connectivity index (χ1) is 15.3. The molecule has 1 aromatic carbocycles. The molecule has 3 aliphatic rings. The first-order valence-electron chi connectivity index (χ1n) is 12.4. The fourth-order valence-electron chi connectivity index (χ4n) is 6.10. The van der Waals surface area contributed by atoms with Crippen LogP contribution in [0.2, 0.25) is 23.5 Å². The van der Waals surface area contributed by atoms with Gasteiger partial charge in [0.25, 0.3) is 0 Å². The van der Waals surface area contributed by atoms with Crippen LogP contribution < -0.4 is 4.46 Å². The molecule has 1 heterocycles. The van der Waals surface area contributed by atoms with Gasteiger partial charge >= 0.3 is 207 Å². The Morgan fingerprint density at radius 1 is 1.15 bits per heavy atom. The van der Waals surface area contributed by atoms with Crippen molar-refractivity contribution in [3.05, 3.63) is 30.3 Å². The molecule has 1 spiro atoms. The van der Waals surface area contributed by atoms with Gasteiger partial charge in [0.1, 0.15) is 0 Å². The maximum atomic E-state index is 14.3. The van der Waals surface area contributed by atoms with Crippen molar-refractivity contribution in [3.63, 3.8) is 0 Å². The van der Waals surface area contributed by atoms with Crippen molar-refractivity contribution in [2.75, 3.05) is 6.61 Å². The molecule has 0 bridgehead atoms. The molecule has 6 atom stereocenters. The third-order valence-corrected chi connectivity index (χ3v) is 16.5. The average molecular weight is 536 g/mol. The molecule has 0 amide bonds. The molecule has 4 nitrogen and oxygen atoms in total. The molecule has 4 rings (SSSR count). The Morgan fingerprint density at radius 2 is 1.82 bits per heavy atom. The molecule has 3 fully saturated rings. The van der Waals surface area contributed by atoms with Gasteiger partial charge in [-0.15, -0.1) is 0 Å². The summed E-state index contributed by atoms with van der Waals surface area (Å²) in [4.78, 5) is 27.5. The number of hydrogen-bond acceptors (Lipinski definition) is 4. The van der Waals surface area contributed by atoms with Gasteiger partial charge in [-0.25, -0.2) is 0 Å². The summed E-state index contributed by atoms with van der Waals surface area (Å²) < 4.78 is 13.8. The number of ketones is 1. The summed E-state index contributed by atoms with van der Waals surface area (Å²) in [5.74, 6) is 0.216. The van der Waals surface area contributed by atoms with Crippen molar-refractivity contribution < 1.29 is 18.8 Å². The summed E-state index contributed by atoms with van der Waals surface area (Å²) in [7, 11) is -1.95. The number of hydrogen-bond donors (Lipinski definition) is 0. The first kappa shape index (κ1) is 25.2. The van der Waals surface area contributed by atoms with Gasteiger partial charge in [-0.1, -0.05) is 0 Å². The summed E-state index contributed by atoms with van der Waals surface area (Å²) in [6, 6.07) is 10.4. The number of benzene rings is 1. The number of rotatable bonds is 5. The van der Waals surface area contributed by atoms with Gasteiger partial charge in [0, 0.05) is 0 Å². The molecular weight excluding hydrogens is 495 g/mol. The molecule has 182 valence electrons. The Bertz CT molecular complexity index is 910. The SMILES string of the molecule is C[C@@H]1[C@@H](O[Si](C)(C)C(C)(C)C)CC[C@@H]2C[C@]3(C(=O)OCC3C[Se]c3ccccc3)C(=O)[C@@]21C. The van der Waals surface area contributed by atoms with Crippen LogP contribution in [-0.4, -0.2) is 47.7 Å². The Kier molecular flexibility index (Phi) is 6.57. The second kappa shape index (κ2) is 8.62. The van der Waals surface area contributed by atoms with Gasteiger partial charge in [0.05, 0.1) is 0 Å². The predicted octanol–water partition coefficient (Wildman–Crippen LogP) is 5.01. The van der Waals surface area contributed by atoms with Crippen LogP contribution in [-0.2, 0) is 18.8 Å². The molecule has 33 heavy (non-hydrogen) atoms. The van der Waals surface area contributed by atoms with Crippen molar-refractivity contribution in [1.82, 2.24) is 0 Å². The van der Waals surface area contributed by atoms with E-state index < -0.39 is 19.1 Å². The van der Waals surface area contributed by atoms with Crippen LogP contribution in [0.5, 0.6) is 0 Å². The summed E-state index contributed by atoms with van der Waals surface area (Å²) >= 11 is 0.224. The summed E-state index contributed by atoms with van der Waals surface area (Å²) in [6.45, 7) is 16.1. The van der Waals surface area contributed by atoms with Gasteiger partial charge < -0.3 is 0 Å². The molecule has 2 aliphatic carbocycles. The zero-order valence-corrected chi connectivity index (χ0v) is 24.0. The summed E-state index contributed by atoms with van der Waals surface area (Å²) in [6.07, 6.45) is 2.67. The van der Waals surface area contributed by atoms with Gasteiger partial charge in [0.15, 0.2) is 0 Å². The monoisotopic (exact) mass is 536 g/mol. The molecule has 2 saturated carbocycles. The Labute approximate surface area is 206 Å². The molecule has 1 aliphatic heterocycles. The van der Waals surface area contributed by atoms with Crippen LogP contribution in [0, 0.1) is 28.6 Å². The van der Waals surface area contributed by atoms with Gasteiger partial charge in [-0.2, -0.15) is 0 Å². The second-order valence-electron chi connectivity index (χ2n) is 12.2. The van der Waals surface area contributed by atoms with Gasteiger partial charge in [0.2, 0.25) is 0 Å². The molecular formula is C27H40O4SeSi. The van der Waals surface area contributed by atoms with E-state index in [1.807, 2.05) is 6.07 Å². The molecule has 1 aromatic rings. The Hall–Kier alpha value is -0.944. The van der Waals surface area contributed by atoms with Crippen molar-refractivity contribution in [2.24, 2.45) is 28.6 Å². The summed E-state index contributed by atoms with van der Waals surface area (Å²) in [5.41, 5.74) is -1.47. The fourth-order valence-corrected chi connectivity index (χ4v) is 9.89. The van der Waals surface area contributed by atoms with E-state index in [0.717, 1.165) is 18.2 Å². The van der Waals surface area contributed by atoms with E-state index >= 15 is 0 Å². The minimum absolute atomic E-state index is 0.00732. The van der Waals surface area contributed by atoms with Crippen molar-refractivity contribution in [1.29, 1.82) is 0 Å². The quantitative estimate of drug-likeness (QED) is 0.302. The van der Waals surface area contributed by atoms with E-state index in [2.05, 4.69) is 72.0 Å². The molecule has 0 N–H and O–H groups in total. The number of fused-ring (bicyclic) bond motifs is 1. The molecule has 6 heteroatoms. The summed E-state index contributed by atoms with van der Waals surface area (Å²) in [5, 5.41) is 1.00. The van der Waals surface area contributed by atoms with Crippen LogP contribution >= 0.6 is 0 Å². The van der Waals surface area contributed by atoms with Crippen LogP contribution in [0.1, 0.15) is 53.9 Å². The van der Waals surface area contributed by atoms with E-state index in [1.54, 1.807) is 0 Å². The molecule has 0 aromatic heterocycles. The Balaban J connectivity index is 1.58. The van der Waals surface area contributed by atoms with Crippen LogP contribution in [0.25, 0.3) is 0 Å². The zero-order chi connectivity index (χ0) is 24.2. The van der Waals surface area contributed by atoms with Crippen molar-refractivity contribution in [3.8, 4) is 0 Å². The Morgan fingerprint density at radius 3 is 2.45 bits per heavy atom. The van der Waals surface area contributed by atoms with Crippen LogP contribution in [0.4, 0.5) is 0 Å². The van der Waals surface area contributed by atoms with E-state index in [0.29, 0.717) is 13.0 Å². The van der Waals surface area contributed by atoms with E-state index in [-0.39, 0.29) is 55.6 Å². The van der Waals surface area contributed by atoms with E-state index in [4.69, 9.17) is 9.16 Å². The minimum atomic E-state index is -1.95. The number of carbonyl (C=O) groups is 2. The molecule has 1 unspecified atom stereocenters. The predicted molar refractivity (Wildman–Crippen MR) is 135 cm³/mol. The first-order valence-corrected chi connectivity index (χ1v) is 17.4. The van der Waals surface area contributed by atoms with Crippen molar-refractivity contribution in [2.45, 2.75) is 83.4 Å². The van der Waals surface area contributed by atoms with Crippen molar-refractivity contribution >= 4 is 39.5 Å². The van der Waals surface area contributed by atoms with E-state index in [1.165, 1.54) is 4.46 Å². The topological polar surface area (TPSA) is 52.6 Å². The van der Waals surface area contributed by atoms with E-state index in [9.17, 15) is 9.59 Å². The standard InChI is InChI=1S/C27H40O4SeSi/c1-18-22(31-33(6,7)25(2,3)4)14-13-19-15-27(23(28)26(18,19)5)20(16-30-24(27)29)17-32-21-11-9-8-10-12-21/h8-12,18-20,22H,13-17H2,1-7H3/t18-,19-,20?,22+,26-,27-/m1/s1.